The zero-order valence-corrected chi connectivity index (χ0v) is 11.9. The molecule has 5 N–H and O–H groups in total. The summed E-state index contributed by atoms with van der Waals surface area (Å²) in [6.07, 6.45) is 0.710. The fourth-order valence-corrected chi connectivity index (χ4v) is 2.49. The van der Waals surface area contributed by atoms with E-state index in [1.807, 2.05) is 10.6 Å². The van der Waals surface area contributed by atoms with Crippen molar-refractivity contribution in [2.45, 2.75) is 13.0 Å². The van der Waals surface area contributed by atoms with Gasteiger partial charge in [-0.15, -0.1) is 0 Å². The second-order valence-corrected chi connectivity index (χ2v) is 5.11. The third kappa shape index (κ3) is 2.58. The number of hydrogen-bond acceptors (Lipinski definition) is 4. The lowest BCUT2D eigenvalue weighted by molar-refractivity contribution is 0.100. The molecule has 6 nitrogen and oxygen atoms in total. The molecule has 0 spiro atoms. The lowest BCUT2D eigenvalue weighted by atomic mass is 10.1. The third-order valence-electron chi connectivity index (χ3n) is 3.60. The van der Waals surface area contributed by atoms with Gasteiger partial charge in [-0.2, -0.15) is 0 Å². The van der Waals surface area contributed by atoms with Gasteiger partial charge in [-0.05, 0) is 42.3 Å². The highest BCUT2D eigenvalue weighted by Gasteiger charge is 2.10. The highest BCUT2D eigenvalue weighted by molar-refractivity contribution is 5.96. The van der Waals surface area contributed by atoms with Crippen LogP contribution in [-0.2, 0) is 13.0 Å². The maximum atomic E-state index is 11.2. The zero-order valence-electron chi connectivity index (χ0n) is 11.9. The summed E-state index contributed by atoms with van der Waals surface area (Å²) >= 11 is 0. The lowest BCUT2D eigenvalue weighted by Crippen LogP contribution is -2.10. The number of aromatic hydroxyl groups is 1. The Bertz CT molecular complexity index is 854. The molecular weight excluding hydrogens is 280 g/mol. The summed E-state index contributed by atoms with van der Waals surface area (Å²) in [5, 5.41) is 9.49. The van der Waals surface area contributed by atoms with E-state index in [1.54, 1.807) is 36.4 Å². The molecule has 1 heterocycles. The van der Waals surface area contributed by atoms with Gasteiger partial charge in [0, 0.05) is 12.1 Å². The van der Waals surface area contributed by atoms with Crippen LogP contribution in [0.5, 0.6) is 5.75 Å². The number of nitrogens with zero attached hydrogens (tertiary/aromatic N) is 2. The minimum atomic E-state index is -0.491. The summed E-state index contributed by atoms with van der Waals surface area (Å²) < 4.78 is 1.88. The maximum absolute atomic E-state index is 11.2. The van der Waals surface area contributed by atoms with E-state index in [0.29, 0.717) is 30.0 Å². The van der Waals surface area contributed by atoms with Crippen molar-refractivity contribution in [1.29, 1.82) is 0 Å². The van der Waals surface area contributed by atoms with E-state index in [1.165, 1.54) is 0 Å². The topological polar surface area (TPSA) is 107 Å². The molecule has 0 radical (unpaired) electrons. The molecule has 1 aromatic heterocycles. The maximum Gasteiger partial charge on any atom is 0.248 e. The van der Waals surface area contributed by atoms with Gasteiger partial charge in [0.05, 0.1) is 11.0 Å². The van der Waals surface area contributed by atoms with Crippen LogP contribution in [-0.4, -0.2) is 20.6 Å². The second-order valence-electron chi connectivity index (χ2n) is 5.11. The Hall–Kier alpha value is -3.02. The Balaban J connectivity index is 1.90. The first-order valence-corrected chi connectivity index (χ1v) is 6.88. The van der Waals surface area contributed by atoms with E-state index in [9.17, 15) is 9.90 Å². The van der Waals surface area contributed by atoms with Crippen LogP contribution >= 0.6 is 0 Å². The number of fused-ring (bicyclic) bond motifs is 1. The van der Waals surface area contributed by atoms with E-state index in [-0.39, 0.29) is 5.75 Å². The van der Waals surface area contributed by atoms with Crippen LogP contribution < -0.4 is 11.5 Å². The Morgan fingerprint density at radius 1 is 1.23 bits per heavy atom. The molecule has 22 heavy (non-hydrogen) atoms. The lowest BCUT2D eigenvalue weighted by Gasteiger charge is -2.07. The third-order valence-corrected chi connectivity index (χ3v) is 3.60. The van der Waals surface area contributed by atoms with Crippen LogP contribution in [0, 0.1) is 0 Å². The minimum absolute atomic E-state index is 0.243. The number of carbonyl (C=O) groups excluding carboxylic acids is 1. The van der Waals surface area contributed by atoms with Crippen molar-refractivity contribution in [3.63, 3.8) is 0 Å². The van der Waals surface area contributed by atoms with E-state index in [0.717, 1.165) is 11.1 Å². The molecule has 0 aliphatic heterocycles. The van der Waals surface area contributed by atoms with Crippen molar-refractivity contribution in [2.75, 3.05) is 5.73 Å². The predicted molar refractivity (Wildman–Crippen MR) is 84.5 cm³/mol. The van der Waals surface area contributed by atoms with Gasteiger partial charge in [0.15, 0.2) is 0 Å². The quantitative estimate of drug-likeness (QED) is 0.680. The molecule has 0 aliphatic carbocycles. The van der Waals surface area contributed by atoms with Crippen LogP contribution in [0.1, 0.15) is 15.9 Å². The first-order valence-electron chi connectivity index (χ1n) is 6.88. The summed E-state index contributed by atoms with van der Waals surface area (Å²) in [7, 11) is 0. The number of nitrogens with two attached hydrogens (primary N) is 2. The predicted octanol–water partition coefficient (Wildman–Crippen LogP) is 1.67. The highest BCUT2D eigenvalue weighted by atomic mass is 16.3. The number of aromatic nitrogens is 2. The number of anilines is 1. The van der Waals surface area contributed by atoms with Crippen LogP contribution in [0.25, 0.3) is 11.0 Å². The number of hydrogen-bond donors (Lipinski definition) is 3. The van der Waals surface area contributed by atoms with Crippen molar-refractivity contribution in [3.05, 3.63) is 53.6 Å². The van der Waals surface area contributed by atoms with Gasteiger partial charge in [-0.3, -0.25) is 4.79 Å². The highest BCUT2D eigenvalue weighted by Crippen LogP contribution is 2.20. The first kappa shape index (κ1) is 13.9. The van der Waals surface area contributed by atoms with Crippen molar-refractivity contribution < 1.29 is 9.90 Å². The Labute approximate surface area is 127 Å². The molecule has 2 aromatic carbocycles. The smallest absolute Gasteiger partial charge is 0.248 e. The summed E-state index contributed by atoms with van der Waals surface area (Å²) in [4.78, 5) is 15.5. The molecule has 0 saturated carbocycles. The molecule has 112 valence electrons. The van der Waals surface area contributed by atoms with Gasteiger partial charge in [-0.25, -0.2) is 4.98 Å². The Morgan fingerprint density at radius 2 is 2.05 bits per heavy atom. The van der Waals surface area contributed by atoms with Gasteiger partial charge in [0.2, 0.25) is 11.9 Å². The number of benzene rings is 2. The van der Waals surface area contributed by atoms with Crippen LogP contribution in [0.3, 0.4) is 0 Å². The molecule has 3 rings (SSSR count). The number of carbonyl (C=O) groups is 1. The van der Waals surface area contributed by atoms with E-state index >= 15 is 0 Å². The SMILES string of the molecule is NC(=O)c1ccc2c(c1)nc(N)n2CCc1cccc(O)c1. The average Bonchev–Trinajstić information content (AvgIpc) is 2.79. The molecule has 0 fully saturated rings. The van der Waals surface area contributed by atoms with Crippen LogP contribution in [0.2, 0.25) is 0 Å². The van der Waals surface area contributed by atoms with Gasteiger partial charge in [-0.1, -0.05) is 12.1 Å². The zero-order chi connectivity index (χ0) is 15.7. The number of nitrogen functional groups attached to an aromatic ring is 1. The number of phenolic OH excluding ortho intramolecular Hbond substituents is 1. The monoisotopic (exact) mass is 296 g/mol. The number of imidazole rings is 1. The van der Waals surface area contributed by atoms with E-state index in [2.05, 4.69) is 4.98 Å². The molecule has 0 saturated heterocycles. The summed E-state index contributed by atoms with van der Waals surface area (Å²) in [5.41, 5.74) is 14.1. The van der Waals surface area contributed by atoms with Crippen molar-refractivity contribution in [1.82, 2.24) is 9.55 Å². The second kappa shape index (κ2) is 5.40. The number of aryl methyl sites for hydroxylation is 2. The molecule has 1 amide bonds. The normalized spacial score (nSPS) is 10.9. The average molecular weight is 296 g/mol. The molecule has 0 atom stereocenters. The number of phenols is 1. The Kier molecular flexibility index (Phi) is 3.42. The molecule has 0 unspecified atom stereocenters. The summed E-state index contributed by atoms with van der Waals surface area (Å²) in [6.45, 7) is 0.627. The van der Waals surface area contributed by atoms with Crippen molar-refractivity contribution in [3.8, 4) is 5.75 Å². The van der Waals surface area contributed by atoms with Crippen LogP contribution in [0.15, 0.2) is 42.5 Å². The van der Waals surface area contributed by atoms with E-state index in [4.69, 9.17) is 11.5 Å². The fourth-order valence-electron chi connectivity index (χ4n) is 2.49. The first-order chi connectivity index (χ1) is 10.5. The van der Waals surface area contributed by atoms with Gasteiger partial charge in [0.25, 0.3) is 0 Å². The molecule has 3 aromatic rings. The minimum Gasteiger partial charge on any atom is -0.508 e. The van der Waals surface area contributed by atoms with Gasteiger partial charge >= 0.3 is 0 Å². The summed E-state index contributed by atoms with van der Waals surface area (Å²) in [6, 6.07) is 12.2. The van der Waals surface area contributed by atoms with Crippen LogP contribution in [0.4, 0.5) is 5.95 Å². The van der Waals surface area contributed by atoms with Gasteiger partial charge < -0.3 is 21.1 Å². The number of amides is 1. The molecular formula is C16H16N4O2. The molecule has 0 aliphatic rings. The summed E-state index contributed by atoms with van der Waals surface area (Å²) in [5.74, 6) is 0.138. The number of rotatable bonds is 4. The number of primary amides is 1. The Morgan fingerprint density at radius 3 is 2.77 bits per heavy atom. The standard InChI is InChI=1S/C16H16N4O2/c17-15(22)11-4-5-14-13(9-11)19-16(18)20(14)7-6-10-2-1-3-12(21)8-10/h1-5,8-9,21H,6-7H2,(H2,17,22)(H2,18,19). The largest absolute Gasteiger partial charge is 0.508 e. The van der Waals surface area contributed by atoms with Gasteiger partial charge in [0.1, 0.15) is 5.75 Å². The van der Waals surface area contributed by atoms with Crippen molar-refractivity contribution in [2.24, 2.45) is 5.73 Å². The molecule has 6 heteroatoms. The fraction of sp³-hybridized carbons (Fsp3) is 0.125. The van der Waals surface area contributed by atoms with E-state index < -0.39 is 5.91 Å². The molecule has 0 bridgehead atoms. The van der Waals surface area contributed by atoms with Crippen molar-refractivity contribution >= 4 is 22.9 Å².